The van der Waals surface area contributed by atoms with E-state index in [0.29, 0.717) is 11.6 Å². The van der Waals surface area contributed by atoms with Crippen LogP contribution in [-0.2, 0) is 18.9 Å². The van der Waals surface area contributed by atoms with Crippen molar-refractivity contribution in [3.63, 3.8) is 0 Å². The standard InChI is InChI=1S/C21H15F6N7O2/c1-11(19-31-17(33-36-19)13-4-6-29-15(7-13)20(22,23)24)30-18(35)14-8-16(21(25,26)27)32-34(14)10-12-3-2-5-28-9-12/h2-9,11H,10H2,1H3,(H,30,35). The number of amides is 1. The van der Waals surface area contributed by atoms with Crippen molar-refractivity contribution in [2.45, 2.75) is 31.9 Å². The number of carbonyl (C=O) groups excluding carboxylic acids is 1. The maximum Gasteiger partial charge on any atom is 0.435 e. The predicted octanol–water partition coefficient (Wildman–Crippen LogP) is 4.30. The molecule has 15 heteroatoms. The average Bonchev–Trinajstić information content (AvgIpc) is 3.47. The van der Waals surface area contributed by atoms with Crippen molar-refractivity contribution in [3.8, 4) is 11.4 Å². The third kappa shape index (κ3) is 5.50. The summed E-state index contributed by atoms with van der Waals surface area (Å²) in [6.07, 6.45) is -5.64. The first-order valence-corrected chi connectivity index (χ1v) is 10.1. The van der Waals surface area contributed by atoms with Crippen LogP contribution in [0.5, 0.6) is 0 Å². The molecule has 0 fully saturated rings. The molecule has 0 spiro atoms. The third-order valence-electron chi connectivity index (χ3n) is 4.83. The molecule has 0 bridgehead atoms. The summed E-state index contributed by atoms with van der Waals surface area (Å²) >= 11 is 0. The second kappa shape index (κ2) is 9.39. The van der Waals surface area contributed by atoms with Crippen LogP contribution in [0.25, 0.3) is 11.4 Å². The average molecular weight is 511 g/mol. The van der Waals surface area contributed by atoms with E-state index in [4.69, 9.17) is 4.52 Å². The Balaban J connectivity index is 1.55. The topological polar surface area (TPSA) is 112 Å². The zero-order chi connectivity index (χ0) is 26.1. The Morgan fingerprint density at radius 1 is 1.08 bits per heavy atom. The molecule has 0 aliphatic heterocycles. The number of nitrogens with one attached hydrogen (secondary N) is 1. The lowest BCUT2D eigenvalue weighted by molar-refractivity contribution is -0.142. The van der Waals surface area contributed by atoms with Crippen LogP contribution in [0.3, 0.4) is 0 Å². The minimum atomic E-state index is -4.79. The maximum atomic E-state index is 13.2. The summed E-state index contributed by atoms with van der Waals surface area (Å²) in [6.45, 7) is 1.25. The Morgan fingerprint density at radius 3 is 2.50 bits per heavy atom. The molecule has 0 saturated heterocycles. The van der Waals surface area contributed by atoms with E-state index in [-0.39, 0.29) is 29.5 Å². The van der Waals surface area contributed by atoms with Gasteiger partial charge in [-0.2, -0.15) is 36.4 Å². The van der Waals surface area contributed by atoms with E-state index in [1.807, 2.05) is 0 Å². The zero-order valence-electron chi connectivity index (χ0n) is 18.2. The lowest BCUT2D eigenvalue weighted by Gasteiger charge is -2.11. The molecule has 36 heavy (non-hydrogen) atoms. The van der Waals surface area contributed by atoms with Gasteiger partial charge in [-0.1, -0.05) is 11.2 Å². The summed E-state index contributed by atoms with van der Waals surface area (Å²) < 4.78 is 84.4. The van der Waals surface area contributed by atoms with Crippen LogP contribution >= 0.6 is 0 Å². The van der Waals surface area contributed by atoms with E-state index in [1.165, 1.54) is 25.4 Å². The van der Waals surface area contributed by atoms with Crippen molar-refractivity contribution in [3.05, 3.63) is 77.5 Å². The lowest BCUT2D eigenvalue weighted by atomic mass is 10.2. The number of alkyl halides is 6. The van der Waals surface area contributed by atoms with Gasteiger partial charge in [-0.15, -0.1) is 0 Å². The third-order valence-corrected chi connectivity index (χ3v) is 4.83. The second-order valence-corrected chi connectivity index (χ2v) is 7.51. The number of nitrogens with zero attached hydrogens (tertiary/aromatic N) is 6. The Hall–Kier alpha value is -4.30. The molecule has 188 valence electrons. The van der Waals surface area contributed by atoms with E-state index in [0.717, 1.165) is 16.9 Å². The van der Waals surface area contributed by atoms with E-state index < -0.39 is 35.7 Å². The van der Waals surface area contributed by atoms with Crippen molar-refractivity contribution in [1.29, 1.82) is 0 Å². The van der Waals surface area contributed by atoms with Crippen LogP contribution in [0.15, 0.2) is 53.4 Å². The maximum absolute atomic E-state index is 13.2. The van der Waals surface area contributed by atoms with E-state index in [9.17, 15) is 31.1 Å². The van der Waals surface area contributed by atoms with Crippen molar-refractivity contribution >= 4 is 5.91 Å². The minimum Gasteiger partial charge on any atom is -0.339 e. The van der Waals surface area contributed by atoms with Crippen LogP contribution in [0.1, 0.15) is 46.3 Å². The molecule has 0 aliphatic carbocycles. The zero-order valence-corrected chi connectivity index (χ0v) is 18.2. The Bertz CT molecular complexity index is 1370. The number of aromatic nitrogens is 6. The summed E-state index contributed by atoms with van der Waals surface area (Å²) in [5, 5.41) is 9.55. The quantitative estimate of drug-likeness (QED) is 0.384. The normalized spacial score (nSPS) is 13.0. The van der Waals surface area contributed by atoms with Crippen molar-refractivity contribution in [1.82, 2.24) is 35.2 Å². The van der Waals surface area contributed by atoms with Crippen LogP contribution in [0.2, 0.25) is 0 Å². The summed E-state index contributed by atoms with van der Waals surface area (Å²) in [5.74, 6) is -1.30. The first kappa shape index (κ1) is 24.8. The summed E-state index contributed by atoms with van der Waals surface area (Å²) in [6, 6.07) is 4.76. The molecular formula is C21H15F6N7O2. The highest BCUT2D eigenvalue weighted by Gasteiger charge is 2.36. The van der Waals surface area contributed by atoms with Gasteiger partial charge in [0, 0.05) is 30.2 Å². The molecule has 4 rings (SSSR count). The van der Waals surface area contributed by atoms with Gasteiger partial charge in [0.05, 0.1) is 6.54 Å². The Morgan fingerprint density at radius 2 is 1.83 bits per heavy atom. The molecule has 0 radical (unpaired) electrons. The first-order valence-electron chi connectivity index (χ1n) is 10.1. The minimum absolute atomic E-state index is 0.0322. The number of hydrogen-bond donors (Lipinski definition) is 1. The van der Waals surface area contributed by atoms with Gasteiger partial charge in [-0.3, -0.25) is 19.4 Å². The summed E-state index contributed by atoms with van der Waals surface area (Å²) in [4.78, 5) is 24.0. The lowest BCUT2D eigenvalue weighted by Crippen LogP contribution is -2.29. The van der Waals surface area contributed by atoms with Crippen LogP contribution in [0.4, 0.5) is 26.3 Å². The number of hydrogen-bond acceptors (Lipinski definition) is 7. The van der Waals surface area contributed by atoms with Gasteiger partial charge >= 0.3 is 12.4 Å². The molecule has 1 amide bonds. The smallest absolute Gasteiger partial charge is 0.339 e. The molecular weight excluding hydrogens is 496 g/mol. The fraction of sp³-hybridized carbons (Fsp3) is 0.238. The molecule has 1 unspecified atom stereocenters. The predicted molar refractivity (Wildman–Crippen MR) is 109 cm³/mol. The highest BCUT2D eigenvalue weighted by molar-refractivity contribution is 5.93. The second-order valence-electron chi connectivity index (χ2n) is 7.51. The fourth-order valence-electron chi connectivity index (χ4n) is 3.11. The number of rotatable bonds is 6. The molecule has 9 nitrogen and oxygen atoms in total. The monoisotopic (exact) mass is 511 g/mol. The summed E-state index contributed by atoms with van der Waals surface area (Å²) in [5.41, 5.74) is -2.33. The Labute approximate surface area is 198 Å². The number of halogens is 6. The number of pyridine rings is 2. The van der Waals surface area contributed by atoms with Gasteiger partial charge in [0.25, 0.3) is 5.91 Å². The van der Waals surface area contributed by atoms with E-state index in [2.05, 4.69) is 30.5 Å². The van der Waals surface area contributed by atoms with Crippen molar-refractivity contribution in [2.75, 3.05) is 0 Å². The summed E-state index contributed by atoms with van der Waals surface area (Å²) in [7, 11) is 0. The largest absolute Gasteiger partial charge is 0.435 e. The van der Waals surface area contributed by atoms with Gasteiger partial charge in [0.2, 0.25) is 11.7 Å². The first-order chi connectivity index (χ1) is 16.9. The molecule has 0 saturated carbocycles. The molecule has 0 aromatic carbocycles. The highest BCUT2D eigenvalue weighted by atomic mass is 19.4. The van der Waals surface area contributed by atoms with Crippen LogP contribution in [0, 0.1) is 0 Å². The van der Waals surface area contributed by atoms with Crippen LogP contribution < -0.4 is 5.32 Å². The SMILES string of the molecule is CC(NC(=O)c1cc(C(F)(F)F)nn1Cc1cccnc1)c1nc(-c2ccnc(C(F)(F)F)c2)no1. The van der Waals surface area contributed by atoms with Gasteiger partial charge in [-0.05, 0) is 30.7 Å². The highest BCUT2D eigenvalue weighted by Crippen LogP contribution is 2.31. The molecule has 0 aliphatic rings. The van der Waals surface area contributed by atoms with Gasteiger partial charge < -0.3 is 9.84 Å². The van der Waals surface area contributed by atoms with E-state index in [1.54, 1.807) is 12.1 Å². The fourth-order valence-corrected chi connectivity index (χ4v) is 3.11. The molecule has 4 aromatic rings. The van der Waals surface area contributed by atoms with Crippen molar-refractivity contribution < 1.29 is 35.7 Å². The Kier molecular flexibility index (Phi) is 6.47. The molecule has 1 N–H and O–H groups in total. The van der Waals surface area contributed by atoms with Gasteiger partial charge in [0.1, 0.15) is 17.4 Å². The number of carbonyl (C=O) groups is 1. The molecule has 4 heterocycles. The van der Waals surface area contributed by atoms with Crippen molar-refractivity contribution in [2.24, 2.45) is 0 Å². The van der Waals surface area contributed by atoms with E-state index >= 15 is 0 Å². The van der Waals surface area contributed by atoms with Gasteiger partial charge in [-0.25, -0.2) is 0 Å². The molecule has 4 aromatic heterocycles. The van der Waals surface area contributed by atoms with Gasteiger partial charge in [0.15, 0.2) is 5.69 Å². The molecule has 1 atom stereocenters. The van der Waals surface area contributed by atoms with Crippen LogP contribution in [-0.4, -0.2) is 35.8 Å².